The fourth-order valence-electron chi connectivity index (χ4n) is 0.587. The minimum absolute atomic E-state index is 0.442. The lowest BCUT2D eigenvalue weighted by Crippen LogP contribution is -1.93. The summed E-state index contributed by atoms with van der Waals surface area (Å²) in [6, 6.07) is 8.53. The summed E-state index contributed by atoms with van der Waals surface area (Å²) in [5, 5.41) is 17.0. The first-order chi connectivity index (χ1) is 4.30. The van der Waals surface area contributed by atoms with Crippen molar-refractivity contribution in [2.75, 3.05) is 0 Å². The third-order valence-corrected chi connectivity index (χ3v) is 1.03. The molecule has 0 heterocycles. The van der Waals surface area contributed by atoms with Crippen LogP contribution in [0.15, 0.2) is 30.3 Å². The van der Waals surface area contributed by atoms with Crippen molar-refractivity contribution in [3.05, 3.63) is 42.2 Å². The molecule has 0 fully saturated rings. The van der Waals surface area contributed by atoms with Gasteiger partial charge in [-0.15, -0.1) is 17.7 Å². The zero-order chi connectivity index (χ0) is 6.69. The molecule has 0 radical (unpaired) electrons. The van der Waals surface area contributed by atoms with Crippen LogP contribution in [0.25, 0.3) is 0 Å². The first kappa shape index (κ1) is 6.13. The fourth-order valence-corrected chi connectivity index (χ4v) is 0.587. The van der Waals surface area contributed by atoms with Gasteiger partial charge >= 0.3 is 0 Å². The smallest absolute Gasteiger partial charge is 0.0679 e. The van der Waals surface area contributed by atoms with Crippen molar-refractivity contribution in [3.8, 4) is 0 Å². The second kappa shape index (κ2) is 2.53. The molecule has 0 bridgehead atoms. The van der Waals surface area contributed by atoms with Gasteiger partial charge in [-0.25, -0.2) is 0 Å². The number of aliphatic hydroxyl groups is 2. The normalized spacial score (nSPS) is 9.11. The average Bonchev–Trinajstić information content (AvgIpc) is 1.90. The molecule has 1 aromatic carbocycles. The van der Waals surface area contributed by atoms with Gasteiger partial charge in [-0.2, -0.15) is 12.1 Å². The Morgan fingerprint density at radius 1 is 1.00 bits per heavy atom. The molecule has 9 heavy (non-hydrogen) atoms. The lowest BCUT2D eigenvalue weighted by Gasteiger charge is -2.09. The Morgan fingerprint density at radius 2 is 1.56 bits per heavy atom. The predicted molar refractivity (Wildman–Crippen MR) is 32.7 cm³/mol. The van der Waals surface area contributed by atoms with E-state index in [1.165, 1.54) is 0 Å². The lowest BCUT2D eigenvalue weighted by atomic mass is 10.2. The molecule has 48 valence electrons. The van der Waals surface area contributed by atoms with Gasteiger partial charge in [0.25, 0.3) is 0 Å². The van der Waals surface area contributed by atoms with E-state index in [1.807, 2.05) is 6.07 Å². The molecule has 0 aliphatic carbocycles. The van der Waals surface area contributed by atoms with Crippen molar-refractivity contribution in [2.45, 2.75) is 0 Å². The lowest BCUT2D eigenvalue weighted by molar-refractivity contribution is 0.110. The summed E-state index contributed by atoms with van der Waals surface area (Å²) in [6.07, 6.45) is -0.629. The SMILES string of the molecule is O[C-](O)c1ccccc1. The van der Waals surface area contributed by atoms with E-state index in [9.17, 15) is 0 Å². The highest BCUT2D eigenvalue weighted by atomic mass is 16.5. The van der Waals surface area contributed by atoms with Gasteiger partial charge in [0.2, 0.25) is 0 Å². The maximum absolute atomic E-state index is 8.50. The minimum atomic E-state index is -0.629. The van der Waals surface area contributed by atoms with Crippen LogP contribution in [0.2, 0.25) is 0 Å². The summed E-state index contributed by atoms with van der Waals surface area (Å²) < 4.78 is 0. The third kappa shape index (κ3) is 1.45. The van der Waals surface area contributed by atoms with Crippen molar-refractivity contribution in [1.82, 2.24) is 0 Å². The Hall–Kier alpha value is -0.990. The first-order valence-electron chi connectivity index (χ1n) is 2.61. The van der Waals surface area contributed by atoms with E-state index in [4.69, 9.17) is 10.2 Å². The molecule has 0 aliphatic rings. The van der Waals surface area contributed by atoms with Gasteiger partial charge < -0.3 is 10.2 Å². The fraction of sp³-hybridized carbons (Fsp3) is 0. The van der Waals surface area contributed by atoms with Gasteiger partial charge in [0.15, 0.2) is 0 Å². The number of aliphatic hydroxyl groups excluding tert-OH is 1. The summed E-state index contributed by atoms with van der Waals surface area (Å²) in [4.78, 5) is 0. The second-order valence-electron chi connectivity index (χ2n) is 1.69. The van der Waals surface area contributed by atoms with Gasteiger partial charge in [0.05, 0.1) is 6.29 Å². The van der Waals surface area contributed by atoms with Gasteiger partial charge in [-0.3, -0.25) is 0 Å². The van der Waals surface area contributed by atoms with E-state index >= 15 is 0 Å². The molecule has 0 saturated carbocycles. The molecule has 1 aromatic rings. The van der Waals surface area contributed by atoms with Crippen LogP contribution < -0.4 is 0 Å². The Labute approximate surface area is 53.4 Å². The van der Waals surface area contributed by atoms with Crippen LogP contribution in [0.4, 0.5) is 0 Å². The van der Waals surface area contributed by atoms with Crippen molar-refractivity contribution >= 4 is 0 Å². The highest BCUT2D eigenvalue weighted by molar-refractivity contribution is 5.22. The third-order valence-electron chi connectivity index (χ3n) is 1.03. The summed E-state index contributed by atoms with van der Waals surface area (Å²) >= 11 is 0. The monoisotopic (exact) mass is 123 g/mol. The Balaban J connectivity index is 2.85. The van der Waals surface area contributed by atoms with Gasteiger partial charge in [0, 0.05) is 0 Å². The van der Waals surface area contributed by atoms with Crippen molar-refractivity contribution in [3.63, 3.8) is 0 Å². The number of benzene rings is 1. The van der Waals surface area contributed by atoms with Gasteiger partial charge in [-0.1, -0.05) is 6.07 Å². The number of rotatable bonds is 1. The van der Waals surface area contributed by atoms with Crippen molar-refractivity contribution in [1.29, 1.82) is 0 Å². The molecular formula is C7H7O2-. The molecular weight excluding hydrogens is 116 g/mol. The molecule has 0 saturated heterocycles. The average molecular weight is 123 g/mol. The van der Waals surface area contributed by atoms with E-state index in [-0.39, 0.29) is 0 Å². The predicted octanol–water partition coefficient (Wildman–Crippen LogP) is 1.27. The largest absolute Gasteiger partial charge is 0.401 e. The van der Waals surface area contributed by atoms with Crippen LogP contribution in [0, 0.1) is 6.29 Å². The van der Waals surface area contributed by atoms with E-state index < -0.39 is 6.29 Å². The van der Waals surface area contributed by atoms with Crippen molar-refractivity contribution in [2.24, 2.45) is 0 Å². The van der Waals surface area contributed by atoms with Crippen LogP contribution in [0.3, 0.4) is 0 Å². The maximum atomic E-state index is 8.50. The summed E-state index contributed by atoms with van der Waals surface area (Å²) in [7, 11) is 0. The Kier molecular flexibility index (Phi) is 1.72. The summed E-state index contributed by atoms with van der Waals surface area (Å²) in [5.41, 5.74) is 0.442. The van der Waals surface area contributed by atoms with Crippen LogP contribution in [0.1, 0.15) is 5.56 Å². The molecule has 0 atom stereocenters. The second-order valence-corrected chi connectivity index (χ2v) is 1.69. The molecule has 0 aliphatic heterocycles. The standard InChI is InChI=1S/C7H7O2/c8-7(9)6-4-2-1-3-5-6/h1-5,8-9H/q-1. The van der Waals surface area contributed by atoms with E-state index in [0.29, 0.717) is 5.56 Å². The Morgan fingerprint density at radius 3 is 1.89 bits per heavy atom. The molecule has 2 nitrogen and oxygen atoms in total. The quantitative estimate of drug-likeness (QED) is 0.552. The van der Waals surface area contributed by atoms with Crippen LogP contribution in [0.5, 0.6) is 0 Å². The van der Waals surface area contributed by atoms with Crippen LogP contribution in [-0.2, 0) is 0 Å². The van der Waals surface area contributed by atoms with E-state index in [1.54, 1.807) is 24.3 Å². The summed E-state index contributed by atoms with van der Waals surface area (Å²) in [6.45, 7) is 0. The zero-order valence-electron chi connectivity index (χ0n) is 4.78. The molecule has 0 spiro atoms. The molecule has 0 unspecified atom stereocenters. The van der Waals surface area contributed by atoms with Crippen LogP contribution in [-0.4, -0.2) is 10.2 Å². The molecule has 2 N–H and O–H groups in total. The molecule has 0 amide bonds. The number of hydrogen-bond acceptors (Lipinski definition) is 2. The Bertz CT molecular complexity index is 170. The minimum Gasteiger partial charge on any atom is -0.401 e. The highest BCUT2D eigenvalue weighted by Gasteiger charge is 1.86. The molecule has 2 heteroatoms. The van der Waals surface area contributed by atoms with Gasteiger partial charge in [0.1, 0.15) is 0 Å². The van der Waals surface area contributed by atoms with E-state index in [2.05, 4.69) is 0 Å². The molecule has 1 rings (SSSR count). The van der Waals surface area contributed by atoms with Gasteiger partial charge in [-0.05, 0) is 0 Å². The van der Waals surface area contributed by atoms with Crippen LogP contribution >= 0.6 is 0 Å². The van der Waals surface area contributed by atoms with E-state index in [0.717, 1.165) is 0 Å². The highest BCUT2D eigenvalue weighted by Crippen LogP contribution is 2.05. The zero-order valence-corrected chi connectivity index (χ0v) is 4.78. The number of hydrogen-bond donors (Lipinski definition) is 2. The summed E-state index contributed by atoms with van der Waals surface area (Å²) in [5.74, 6) is 0. The topological polar surface area (TPSA) is 40.5 Å². The maximum Gasteiger partial charge on any atom is 0.0679 e. The first-order valence-corrected chi connectivity index (χ1v) is 2.61. The van der Waals surface area contributed by atoms with Crippen molar-refractivity contribution < 1.29 is 10.2 Å². The molecule has 0 aromatic heterocycles.